The lowest BCUT2D eigenvalue weighted by atomic mass is 10.2. The van der Waals surface area contributed by atoms with Crippen LogP contribution in [-0.4, -0.2) is 35.7 Å². The zero-order valence-corrected chi connectivity index (χ0v) is 17.0. The van der Waals surface area contributed by atoms with E-state index in [0.717, 1.165) is 21.8 Å². The van der Waals surface area contributed by atoms with Gasteiger partial charge in [0, 0.05) is 29.3 Å². The maximum absolute atomic E-state index is 12.1. The molecule has 0 unspecified atom stereocenters. The van der Waals surface area contributed by atoms with Crippen LogP contribution >= 0.6 is 0 Å². The average Bonchev–Trinajstić information content (AvgIpc) is 3.10. The molecule has 1 amide bonds. The Bertz CT molecular complexity index is 1260. The average molecular weight is 416 g/mol. The molecule has 3 heterocycles. The summed E-state index contributed by atoms with van der Waals surface area (Å²) in [5.74, 6) is 0.880. The topological polar surface area (TPSA) is 120 Å². The number of nitrogens with one attached hydrogen (secondary N) is 2. The molecule has 0 aliphatic heterocycles. The largest absolute Gasteiger partial charge is 0.339 e. The van der Waals surface area contributed by atoms with E-state index in [1.54, 1.807) is 28.9 Å². The first kappa shape index (κ1) is 20.0. The van der Waals surface area contributed by atoms with Gasteiger partial charge in [0.2, 0.25) is 5.91 Å². The molecule has 1 aromatic carbocycles. The molecular weight excluding hydrogens is 396 g/mol. The van der Waals surface area contributed by atoms with E-state index in [4.69, 9.17) is 0 Å². The third kappa shape index (κ3) is 4.81. The third-order valence-electron chi connectivity index (χ3n) is 4.40. The van der Waals surface area contributed by atoms with Crippen molar-refractivity contribution in [2.45, 2.75) is 20.4 Å². The molecule has 10 heteroatoms. The van der Waals surface area contributed by atoms with Gasteiger partial charge in [0.1, 0.15) is 6.54 Å². The van der Waals surface area contributed by atoms with Crippen LogP contribution in [0.4, 0.5) is 17.2 Å². The van der Waals surface area contributed by atoms with Gasteiger partial charge in [0.15, 0.2) is 11.6 Å². The van der Waals surface area contributed by atoms with Crippen molar-refractivity contribution in [2.24, 2.45) is 0 Å². The molecule has 0 atom stereocenters. The Morgan fingerprint density at radius 2 is 1.77 bits per heavy atom. The summed E-state index contributed by atoms with van der Waals surface area (Å²) >= 11 is 0. The van der Waals surface area contributed by atoms with Crippen molar-refractivity contribution >= 4 is 23.1 Å². The van der Waals surface area contributed by atoms with E-state index in [2.05, 4.69) is 31.0 Å². The predicted octanol–water partition coefficient (Wildman–Crippen LogP) is 2.22. The smallest absolute Gasteiger partial charge is 0.267 e. The van der Waals surface area contributed by atoms with E-state index < -0.39 is 0 Å². The summed E-state index contributed by atoms with van der Waals surface area (Å²) in [6.07, 6.45) is 1.46. The van der Waals surface area contributed by atoms with Crippen LogP contribution in [0.3, 0.4) is 0 Å². The van der Waals surface area contributed by atoms with Gasteiger partial charge in [-0.05, 0) is 62.4 Å². The summed E-state index contributed by atoms with van der Waals surface area (Å²) in [7, 11) is 0. The number of hydrogen-bond acceptors (Lipinski definition) is 7. The van der Waals surface area contributed by atoms with Gasteiger partial charge < -0.3 is 10.6 Å². The van der Waals surface area contributed by atoms with Crippen molar-refractivity contribution in [1.29, 1.82) is 0 Å². The minimum Gasteiger partial charge on any atom is -0.339 e. The van der Waals surface area contributed by atoms with E-state index in [0.29, 0.717) is 17.3 Å². The number of hydrogen-bond donors (Lipinski definition) is 2. The molecule has 10 nitrogen and oxygen atoms in total. The molecule has 0 aliphatic carbocycles. The summed E-state index contributed by atoms with van der Waals surface area (Å²) in [5.41, 5.74) is 2.96. The number of benzene rings is 1. The Morgan fingerprint density at radius 1 is 1.00 bits per heavy atom. The fourth-order valence-electron chi connectivity index (χ4n) is 2.99. The Kier molecular flexibility index (Phi) is 5.52. The molecule has 31 heavy (non-hydrogen) atoms. The van der Waals surface area contributed by atoms with Gasteiger partial charge in [-0.1, -0.05) is 0 Å². The molecule has 0 spiro atoms. The Balaban J connectivity index is 1.37. The molecular formula is C21H20N8O2. The van der Waals surface area contributed by atoms with Crippen LogP contribution in [-0.2, 0) is 11.3 Å². The van der Waals surface area contributed by atoms with Gasteiger partial charge in [0.25, 0.3) is 5.56 Å². The quantitative estimate of drug-likeness (QED) is 0.494. The molecule has 0 radical (unpaired) electrons. The molecule has 4 rings (SSSR count). The number of carbonyl (C=O) groups is 1. The lowest BCUT2D eigenvalue weighted by Crippen LogP contribution is -2.28. The van der Waals surface area contributed by atoms with Crippen molar-refractivity contribution in [3.05, 3.63) is 82.5 Å². The highest BCUT2D eigenvalue weighted by Crippen LogP contribution is 2.18. The Morgan fingerprint density at radius 3 is 2.42 bits per heavy atom. The van der Waals surface area contributed by atoms with Crippen molar-refractivity contribution in [1.82, 2.24) is 29.8 Å². The van der Waals surface area contributed by atoms with Gasteiger partial charge in [-0.2, -0.15) is 10.2 Å². The lowest BCUT2D eigenvalue weighted by Gasteiger charge is -2.09. The SMILES string of the molecule is Cc1cc(C)n(-c2ccc(Nc3ccc(NC(=O)Cn4ncccc4=O)cc3)nn2)n1. The molecule has 156 valence electrons. The summed E-state index contributed by atoms with van der Waals surface area (Å²) in [6.45, 7) is 3.73. The minimum atomic E-state index is -0.341. The van der Waals surface area contributed by atoms with E-state index >= 15 is 0 Å². The minimum absolute atomic E-state index is 0.156. The Labute approximate surface area is 177 Å². The van der Waals surface area contributed by atoms with Crippen molar-refractivity contribution < 1.29 is 4.79 Å². The standard InChI is InChI=1S/C21H20N8O2/c1-14-12-15(2)29(27-14)19-10-9-18(25-26-19)23-16-5-7-17(8-6-16)24-20(30)13-28-21(31)4-3-11-22-28/h3-12H,13H2,1-2H3,(H,23,25)(H,24,30). The highest BCUT2D eigenvalue weighted by Gasteiger charge is 2.07. The van der Waals surface area contributed by atoms with Crippen LogP contribution in [0.25, 0.3) is 5.82 Å². The molecule has 2 N–H and O–H groups in total. The lowest BCUT2D eigenvalue weighted by molar-refractivity contribution is -0.117. The van der Waals surface area contributed by atoms with Crippen molar-refractivity contribution in [3.8, 4) is 5.82 Å². The third-order valence-corrected chi connectivity index (χ3v) is 4.40. The number of nitrogens with zero attached hydrogens (tertiary/aromatic N) is 6. The maximum atomic E-state index is 12.1. The highest BCUT2D eigenvalue weighted by atomic mass is 16.2. The number of aryl methyl sites for hydroxylation is 2. The number of aromatic nitrogens is 6. The van der Waals surface area contributed by atoms with Gasteiger partial charge in [-0.3, -0.25) is 9.59 Å². The first-order valence-electron chi connectivity index (χ1n) is 9.54. The molecule has 0 saturated carbocycles. The highest BCUT2D eigenvalue weighted by molar-refractivity contribution is 5.90. The van der Waals surface area contributed by atoms with E-state index in [9.17, 15) is 9.59 Å². The summed E-state index contributed by atoms with van der Waals surface area (Å²) in [4.78, 5) is 23.8. The fraction of sp³-hybridized carbons (Fsp3) is 0.143. The van der Waals surface area contributed by atoms with E-state index in [1.165, 1.54) is 18.3 Å². The van der Waals surface area contributed by atoms with E-state index in [1.807, 2.05) is 32.0 Å². The predicted molar refractivity (Wildman–Crippen MR) is 115 cm³/mol. The van der Waals surface area contributed by atoms with Crippen LogP contribution in [0.15, 0.2) is 65.6 Å². The second kappa shape index (κ2) is 8.57. The van der Waals surface area contributed by atoms with Gasteiger partial charge in [-0.15, -0.1) is 10.2 Å². The summed E-state index contributed by atoms with van der Waals surface area (Å²) < 4.78 is 2.84. The van der Waals surface area contributed by atoms with Crippen LogP contribution in [0.1, 0.15) is 11.4 Å². The summed E-state index contributed by atoms with van der Waals surface area (Å²) in [5, 5.41) is 22.6. The van der Waals surface area contributed by atoms with Gasteiger partial charge >= 0.3 is 0 Å². The normalized spacial score (nSPS) is 10.6. The van der Waals surface area contributed by atoms with Crippen LogP contribution < -0.4 is 16.2 Å². The van der Waals surface area contributed by atoms with Gasteiger partial charge in [0.05, 0.1) is 5.69 Å². The number of amides is 1. The van der Waals surface area contributed by atoms with Crippen molar-refractivity contribution in [3.63, 3.8) is 0 Å². The van der Waals surface area contributed by atoms with Crippen LogP contribution in [0.5, 0.6) is 0 Å². The fourth-order valence-corrected chi connectivity index (χ4v) is 2.99. The molecule has 3 aromatic heterocycles. The molecule has 0 aliphatic rings. The van der Waals surface area contributed by atoms with Crippen molar-refractivity contribution in [2.75, 3.05) is 10.6 Å². The number of rotatable bonds is 6. The number of carbonyl (C=O) groups excluding carboxylic acids is 1. The first-order chi connectivity index (χ1) is 15.0. The zero-order valence-electron chi connectivity index (χ0n) is 17.0. The molecule has 0 fully saturated rings. The van der Waals surface area contributed by atoms with Gasteiger partial charge in [-0.25, -0.2) is 9.36 Å². The summed E-state index contributed by atoms with van der Waals surface area (Å²) in [6, 6.07) is 15.6. The second-order valence-electron chi connectivity index (χ2n) is 6.89. The zero-order chi connectivity index (χ0) is 21.8. The van der Waals surface area contributed by atoms with Crippen LogP contribution in [0.2, 0.25) is 0 Å². The Hall–Kier alpha value is -4.34. The monoisotopic (exact) mass is 416 g/mol. The molecule has 0 bridgehead atoms. The van der Waals surface area contributed by atoms with Crippen LogP contribution in [0, 0.1) is 13.8 Å². The number of anilines is 3. The molecule has 4 aromatic rings. The molecule has 0 saturated heterocycles. The maximum Gasteiger partial charge on any atom is 0.267 e. The second-order valence-corrected chi connectivity index (χ2v) is 6.89. The first-order valence-corrected chi connectivity index (χ1v) is 9.54. The van der Waals surface area contributed by atoms with E-state index in [-0.39, 0.29) is 18.0 Å².